The molecule has 0 unspecified atom stereocenters. The first-order valence-corrected chi connectivity index (χ1v) is 6.13. The summed E-state index contributed by atoms with van der Waals surface area (Å²) in [7, 11) is 1.62. The third-order valence-electron chi connectivity index (χ3n) is 2.91. The number of pyridine rings is 1. The molecule has 0 aliphatic rings. The van der Waals surface area contributed by atoms with Crippen LogP contribution in [0.5, 0.6) is 17.2 Å². The molecule has 2 aromatic rings. The van der Waals surface area contributed by atoms with E-state index in [4.69, 9.17) is 15.2 Å². The number of hydrogen-bond acceptors (Lipinski definition) is 4. The second kappa shape index (κ2) is 5.71. The first-order valence-electron chi connectivity index (χ1n) is 6.13. The van der Waals surface area contributed by atoms with Crippen LogP contribution in [0.3, 0.4) is 0 Å². The van der Waals surface area contributed by atoms with Gasteiger partial charge in [0.15, 0.2) is 11.5 Å². The molecule has 100 valence electrons. The summed E-state index contributed by atoms with van der Waals surface area (Å²) in [4.78, 5) is 4.40. The molecule has 0 saturated carbocycles. The zero-order valence-corrected chi connectivity index (χ0v) is 11.4. The van der Waals surface area contributed by atoms with E-state index in [9.17, 15) is 0 Å². The Morgan fingerprint density at radius 2 is 1.79 bits per heavy atom. The van der Waals surface area contributed by atoms with Gasteiger partial charge in [-0.25, -0.2) is 0 Å². The minimum atomic E-state index is 0.392. The number of benzene rings is 1. The topological polar surface area (TPSA) is 57.4 Å². The molecule has 0 saturated heterocycles. The second-order valence-corrected chi connectivity index (χ2v) is 4.28. The van der Waals surface area contributed by atoms with Crippen molar-refractivity contribution in [1.29, 1.82) is 0 Å². The summed E-state index contributed by atoms with van der Waals surface area (Å²) >= 11 is 0. The van der Waals surface area contributed by atoms with Gasteiger partial charge in [-0.3, -0.25) is 4.98 Å². The molecule has 1 heterocycles. The van der Waals surface area contributed by atoms with E-state index in [1.54, 1.807) is 7.11 Å². The van der Waals surface area contributed by atoms with Crippen LogP contribution in [0.2, 0.25) is 0 Å². The lowest BCUT2D eigenvalue weighted by Gasteiger charge is -2.14. The molecule has 19 heavy (non-hydrogen) atoms. The first-order chi connectivity index (χ1) is 9.15. The summed E-state index contributed by atoms with van der Waals surface area (Å²) in [6, 6.07) is 9.42. The number of nitrogens with two attached hydrogens (primary N) is 1. The van der Waals surface area contributed by atoms with Crippen LogP contribution in [-0.4, -0.2) is 12.1 Å². The maximum atomic E-state index is 5.94. The van der Waals surface area contributed by atoms with Crippen molar-refractivity contribution < 1.29 is 9.47 Å². The fraction of sp³-hybridized carbons (Fsp3) is 0.267. The van der Waals surface area contributed by atoms with Crippen LogP contribution in [0.4, 0.5) is 0 Å². The fourth-order valence-electron chi connectivity index (χ4n) is 1.98. The third-order valence-corrected chi connectivity index (χ3v) is 2.91. The minimum Gasteiger partial charge on any atom is -0.493 e. The molecule has 1 aromatic heterocycles. The molecule has 0 spiro atoms. The van der Waals surface area contributed by atoms with Gasteiger partial charge >= 0.3 is 0 Å². The van der Waals surface area contributed by atoms with E-state index < -0.39 is 0 Å². The fourth-order valence-corrected chi connectivity index (χ4v) is 1.98. The predicted molar refractivity (Wildman–Crippen MR) is 74.7 cm³/mol. The number of hydrogen-bond donors (Lipinski definition) is 1. The van der Waals surface area contributed by atoms with Crippen molar-refractivity contribution in [2.45, 2.75) is 20.4 Å². The summed E-state index contributed by atoms with van der Waals surface area (Å²) in [5.74, 6) is 2.10. The summed E-state index contributed by atoms with van der Waals surface area (Å²) in [5, 5.41) is 0. The Balaban J connectivity index is 2.43. The molecular weight excluding hydrogens is 240 g/mol. The van der Waals surface area contributed by atoms with Crippen molar-refractivity contribution >= 4 is 0 Å². The minimum absolute atomic E-state index is 0.392. The van der Waals surface area contributed by atoms with Gasteiger partial charge in [-0.05, 0) is 26.0 Å². The largest absolute Gasteiger partial charge is 0.493 e. The van der Waals surface area contributed by atoms with Crippen LogP contribution in [0.25, 0.3) is 0 Å². The maximum absolute atomic E-state index is 5.94. The van der Waals surface area contributed by atoms with E-state index in [1.165, 1.54) is 0 Å². The summed E-state index contributed by atoms with van der Waals surface area (Å²) in [5.41, 5.74) is 8.49. The van der Waals surface area contributed by atoms with Crippen LogP contribution in [0, 0.1) is 13.8 Å². The van der Waals surface area contributed by atoms with Crippen LogP contribution in [-0.2, 0) is 6.54 Å². The Bertz CT molecular complexity index is 582. The summed E-state index contributed by atoms with van der Waals surface area (Å²) in [6.45, 7) is 4.26. The average Bonchev–Trinajstić information content (AvgIpc) is 2.39. The Morgan fingerprint density at radius 3 is 2.42 bits per heavy atom. The highest BCUT2D eigenvalue weighted by molar-refractivity contribution is 5.46. The number of aryl methyl sites for hydroxylation is 2. The molecule has 4 nitrogen and oxygen atoms in total. The normalized spacial score (nSPS) is 10.3. The molecule has 2 rings (SSSR count). The molecule has 4 heteroatoms. The van der Waals surface area contributed by atoms with Gasteiger partial charge in [-0.2, -0.15) is 0 Å². The lowest BCUT2D eigenvalue weighted by molar-refractivity contribution is 0.377. The van der Waals surface area contributed by atoms with Crippen LogP contribution in [0.15, 0.2) is 30.3 Å². The van der Waals surface area contributed by atoms with Crippen molar-refractivity contribution in [3.63, 3.8) is 0 Å². The van der Waals surface area contributed by atoms with E-state index in [0.29, 0.717) is 18.0 Å². The third kappa shape index (κ3) is 2.85. The van der Waals surface area contributed by atoms with Gasteiger partial charge in [0, 0.05) is 29.6 Å². The molecule has 0 aliphatic heterocycles. The van der Waals surface area contributed by atoms with Crippen LogP contribution < -0.4 is 15.2 Å². The van der Waals surface area contributed by atoms with E-state index in [1.807, 2.05) is 44.2 Å². The Labute approximate surface area is 113 Å². The molecule has 0 aliphatic carbocycles. The smallest absolute Gasteiger partial charge is 0.169 e. The quantitative estimate of drug-likeness (QED) is 0.916. The standard InChI is InChI=1S/C15H18N2O2/c1-10-8-15(12(9-16)11(2)17-10)19-14-7-5-4-6-13(14)18-3/h4-8H,9,16H2,1-3H3. The van der Waals surface area contributed by atoms with Gasteiger partial charge in [0.25, 0.3) is 0 Å². The van der Waals surface area contributed by atoms with Gasteiger partial charge < -0.3 is 15.2 Å². The summed E-state index contributed by atoms with van der Waals surface area (Å²) in [6.07, 6.45) is 0. The number of ether oxygens (including phenoxy) is 2. The summed E-state index contributed by atoms with van der Waals surface area (Å²) < 4.78 is 11.2. The molecule has 0 bridgehead atoms. The Hall–Kier alpha value is -2.07. The highest BCUT2D eigenvalue weighted by atomic mass is 16.5. The molecule has 0 atom stereocenters. The SMILES string of the molecule is COc1ccccc1Oc1cc(C)nc(C)c1CN. The zero-order chi connectivity index (χ0) is 13.8. The van der Waals surface area contributed by atoms with E-state index in [0.717, 1.165) is 22.7 Å². The number of aromatic nitrogens is 1. The van der Waals surface area contributed by atoms with Crippen LogP contribution >= 0.6 is 0 Å². The number of rotatable bonds is 4. The maximum Gasteiger partial charge on any atom is 0.169 e. The van der Waals surface area contributed by atoms with E-state index in [-0.39, 0.29) is 0 Å². The van der Waals surface area contributed by atoms with Crippen molar-refractivity contribution in [3.05, 3.63) is 47.3 Å². The van der Waals surface area contributed by atoms with E-state index in [2.05, 4.69) is 4.98 Å². The van der Waals surface area contributed by atoms with Crippen molar-refractivity contribution in [3.8, 4) is 17.2 Å². The van der Waals surface area contributed by atoms with Crippen molar-refractivity contribution in [2.75, 3.05) is 7.11 Å². The van der Waals surface area contributed by atoms with Gasteiger partial charge in [-0.15, -0.1) is 0 Å². The number of nitrogens with zero attached hydrogens (tertiary/aromatic N) is 1. The van der Waals surface area contributed by atoms with Gasteiger partial charge in [0.1, 0.15) is 5.75 Å². The Morgan fingerprint density at radius 1 is 1.11 bits per heavy atom. The first kappa shape index (κ1) is 13.4. The highest BCUT2D eigenvalue weighted by Gasteiger charge is 2.11. The molecule has 0 radical (unpaired) electrons. The zero-order valence-electron chi connectivity index (χ0n) is 11.4. The van der Waals surface area contributed by atoms with Gasteiger partial charge in [0.05, 0.1) is 7.11 Å². The molecule has 2 N–H and O–H groups in total. The predicted octanol–water partition coefficient (Wildman–Crippen LogP) is 2.96. The number of methoxy groups -OCH3 is 1. The van der Waals surface area contributed by atoms with Crippen molar-refractivity contribution in [1.82, 2.24) is 4.98 Å². The molecular formula is C15H18N2O2. The van der Waals surface area contributed by atoms with Gasteiger partial charge in [-0.1, -0.05) is 12.1 Å². The van der Waals surface area contributed by atoms with Gasteiger partial charge in [0.2, 0.25) is 0 Å². The molecule has 1 aromatic carbocycles. The lowest BCUT2D eigenvalue weighted by Crippen LogP contribution is -2.05. The molecule has 0 fully saturated rings. The van der Waals surface area contributed by atoms with E-state index >= 15 is 0 Å². The van der Waals surface area contributed by atoms with Crippen molar-refractivity contribution in [2.24, 2.45) is 5.73 Å². The average molecular weight is 258 g/mol. The highest BCUT2D eigenvalue weighted by Crippen LogP contribution is 2.33. The number of para-hydroxylation sites is 2. The monoisotopic (exact) mass is 258 g/mol. The Kier molecular flexibility index (Phi) is 4.02. The van der Waals surface area contributed by atoms with Crippen LogP contribution in [0.1, 0.15) is 17.0 Å². The lowest BCUT2D eigenvalue weighted by atomic mass is 10.1. The second-order valence-electron chi connectivity index (χ2n) is 4.28. The molecule has 0 amide bonds.